The van der Waals surface area contributed by atoms with Gasteiger partial charge in [0.15, 0.2) is 0 Å². The summed E-state index contributed by atoms with van der Waals surface area (Å²) in [5.41, 5.74) is 1.67. The van der Waals surface area contributed by atoms with Crippen molar-refractivity contribution in [2.45, 2.75) is 13.5 Å². The highest BCUT2D eigenvalue weighted by molar-refractivity contribution is 9.09. The second-order valence-corrected chi connectivity index (χ2v) is 3.09. The van der Waals surface area contributed by atoms with Crippen molar-refractivity contribution in [2.24, 2.45) is 0 Å². The Hall–Kier alpha value is -1.14. The van der Waals surface area contributed by atoms with Crippen molar-refractivity contribution in [3.8, 4) is 17.7 Å². The molecule has 0 heterocycles. The van der Waals surface area contributed by atoms with E-state index in [1.807, 2.05) is 24.3 Å². The van der Waals surface area contributed by atoms with Gasteiger partial charge < -0.3 is 10.1 Å². The van der Waals surface area contributed by atoms with Gasteiger partial charge in [-0.2, -0.15) is 0 Å². The number of nitrogens with one attached hydrogen (secondary N) is 1. The maximum Gasteiger partial charge on any atom is 0.143 e. The average Bonchev–Trinajstić information content (AvgIpc) is 2.19. The van der Waals surface area contributed by atoms with Crippen molar-refractivity contribution in [3.05, 3.63) is 29.8 Å². The van der Waals surface area contributed by atoms with E-state index >= 15 is 0 Å². The first-order chi connectivity index (χ1) is 6.86. The van der Waals surface area contributed by atoms with Crippen LogP contribution in [0.2, 0.25) is 0 Å². The molecule has 0 spiro atoms. The van der Waals surface area contributed by atoms with Gasteiger partial charge in [0.05, 0.1) is 0 Å². The van der Waals surface area contributed by atoms with Gasteiger partial charge in [-0.15, -0.1) is 0 Å². The fraction of sp³-hybridized carbons (Fsp3) is 0.273. The highest BCUT2D eigenvalue weighted by Crippen LogP contribution is 2.13. The van der Waals surface area contributed by atoms with Crippen molar-refractivity contribution < 1.29 is 4.74 Å². The standard InChI is InChI=1S/C11H12BrNO/c1-2-6-13-8-10-4-3-5-11(7-10)14-9-12/h3-5,7,13H,8-9H2,1H3. The van der Waals surface area contributed by atoms with Gasteiger partial charge in [-0.05, 0) is 40.5 Å². The van der Waals surface area contributed by atoms with Crippen LogP contribution in [-0.2, 0) is 6.54 Å². The summed E-state index contributed by atoms with van der Waals surface area (Å²) in [5.74, 6) is 3.64. The van der Waals surface area contributed by atoms with Crippen LogP contribution in [0.5, 0.6) is 5.75 Å². The summed E-state index contributed by atoms with van der Waals surface area (Å²) in [4.78, 5) is 0. The fourth-order valence-corrected chi connectivity index (χ4v) is 1.31. The third kappa shape index (κ3) is 3.71. The zero-order valence-corrected chi connectivity index (χ0v) is 9.60. The van der Waals surface area contributed by atoms with Crippen LogP contribution in [-0.4, -0.2) is 5.52 Å². The molecule has 0 radical (unpaired) electrons. The van der Waals surface area contributed by atoms with Crippen LogP contribution < -0.4 is 10.1 Å². The first-order valence-corrected chi connectivity index (χ1v) is 5.41. The van der Waals surface area contributed by atoms with Crippen LogP contribution in [0.3, 0.4) is 0 Å². The number of ether oxygens (including phenoxy) is 1. The summed E-state index contributed by atoms with van der Waals surface area (Å²) >= 11 is 3.21. The van der Waals surface area contributed by atoms with Gasteiger partial charge in [-0.1, -0.05) is 18.1 Å². The average molecular weight is 254 g/mol. The minimum atomic E-state index is 0.513. The van der Waals surface area contributed by atoms with E-state index in [-0.39, 0.29) is 0 Å². The number of alkyl halides is 1. The van der Waals surface area contributed by atoms with E-state index in [1.165, 1.54) is 0 Å². The van der Waals surface area contributed by atoms with Crippen LogP contribution in [0.4, 0.5) is 0 Å². The second kappa shape index (κ2) is 6.33. The Labute approximate surface area is 92.8 Å². The molecule has 2 nitrogen and oxygen atoms in total. The van der Waals surface area contributed by atoms with Crippen LogP contribution >= 0.6 is 15.9 Å². The molecule has 0 amide bonds. The molecule has 1 aromatic carbocycles. The molecule has 1 N–H and O–H groups in total. The molecule has 74 valence electrons. The molecular weight excluding hydrogens is 242 g/mol. The molecule has 0 atom stereocenters. The van der Waals surface area contributed by atoms with Crippen molar-refractivity contribution in [2.75, 3.05) is 5.52 Å². The topological polar surface area (TPSA) is 21.3 Å². The molecule has 3 heteroatoms. The minimum Gasteiger partial charge on any atom is -0.482 e. The molecule has 0 saturated carbocycles. The monoisotopic (exact) mass is 253 g/mol. The van der Waals surface area contributed by atoms with Gasteiger partial charge in [0.2, 0.25) is 0 Å². The minimum absolute atomic E-state index is 0.513. The van der Waals surface area contributed by atoms with E-state index in [0.29, 0.717) is 5.52 Å². The lowest BCUT2D eigenvalue weighted by Gasteiger charge is -2.04. The van der Waals surface area contributed by atoms with Gasteiger partial charge in [0, 0.05) is 12.6 Å². The predicted octanol–water partition coefficient (Wildman–Crippen LogP) is 2.49. The zero-order chi connectivity index (χ0) is 10.2. The first kappa shape index (κ1) is 10.9. The Morgan fingerprint density at radius 3 is 3.07 bits per heavy atom. The van der Waals surface area contributed by atoms with Crippen molar-refractivity contribution in [1.82, 2.24) is 5.32 Å². The summed E-state index contributed by atoms with van der Waals surface area (Å²) in [7, 11) is 0. The Balaban J connectivity index is 2.57. The molecule has 0 saturated heterocycles. The lowest BCUT2D eigenvalue weighted by atomic mass is 10.2. The number of hydrogen-bond donors (Lipinski definition) is 1. The van der Waals surface area contributed by atoms with E-state index in [2.05, 4.69) is 33.2 Å². The van der Waals surface area contributed by atoms with E-state index in [0.717, 1.165) is 17.9 Å². The summed E-state index contributed by atoms with van der Waals surface area (Å²) < 4.78 is 5.31. The van der Waals surface area contributed by atoms with E-state index in [1.54, 1.807) is 6.92 Å². The zero-order valence-electron chi connectivity index (χ0n) is 8.01. The summed E-state index contributed by atoms with van der Waals surface area (Å²) in [5, 5.41) is 2.99. The lowest BCUT2D eigenvalue weighted by molar-refractivity contribution is 0.397. The molecule has 0 aliphatic heterocycles. The quantitative estimate of drug-likeness (QED) is 0.506. The number of hydrogen-bond acceptors (Lipinski definition) is 2. The number of rotatable bonds is 4. The van der Waals surface area contributed by atoms with E-state index in [4.69, 9.17) is 4.74 Å². The van der Waals surface area contributed by atoms with Crippen LogP contribution in [0.25, 0.3) is 0 Å². The summed E-state index contributed by atoms with van der Waals surface area (Å²) in [6.07, 6.45) is 0. The third-order valence-corrected chi connectivity index (χ3v) is 1.85. The summed E-state index contributed by atoms with van der Waals surface area (Å²) in [6, 6.07) is 10.7. The SMILES string of the molecule is CC#CNCc1cccc(OCBr)c1. The molecule has 0 unspecified atom stereocenters. The predicted molar refractivity (Wildman–Crippen MR) is 61.2 cm³/mol. The van der Waals surface area contributed by atoms with Crippen LogP contribution in [0.15, 0.2) is 24.3 Å². The smallest absolute Gasteiger partial charge is 0.143 e. The van der Waals surface area contributed by atoms with Gasteiger partial charge in [0.1, 0.15) is 11.3 Å². The van der Waals surface area contributed by atoms with Gasteiger partial charge in [0.25, 0.3) is 0 Å². The Morgan fingerprint density at radius 2 is 2.36 bits per heavy atom. The second-order valence-electron chi connectivity index (χ2n) is 2.63. The Kier molecular flexibility index (Phi) is 4.95. The summed E-state index contributed by atoms with van der Waals surface area (Å²) in [6.45, 7) is 2.54. The Bertz CT molecular complexity index is 341. The highest BCUT2D eigenvalue weighted by atomic mass is 79.9. The molecule has 0 aliphatic rings. The molecular formula is C11H12BrNO. The van der Waals surface area contributed by atoms with E-state index < -0.39 is 0 Å². The molecule has 1 rings (SSSR count). The van der Waals surface area contributed by atoms with Crippen molar-refractivity contribution in [3.63, 3.8) is 0 Å². The van der Waals surface area contributed by atoms with Crippen molar-refractivity contribution in [1.29, 1.82) is 0 Å². The maximum absolute atomic E-state index is 5.31. The van der Waals surface area contributed by atoms with Crippen LogP contribution in [0, 0.1) is 12.0 Å². The lowest BCUT2D eigenvalue weighted by Crippen LogP contribution is -2.04. The molecule has 14 heavy (non-hydrogen) atoms. The number of halogens is 1. The molecule has 0 fully saturated rings. The van der Waals surface area contributed by atoms with Gasteiger partial charge >= 0.3 is 0 Å². The van der Waals surface area contributed by atoms with E-state index in [9.17, 15) is 0 Å². The maximum atomic E-state index is 5.31. The van der Waals surface area contributed by atoms with Crippen molar-refractivity contribution >= 4 is 15.9 Å². The molecule has 1 aromatic rings. The first-order valence-electron chi connectivity index (χ1n) is 4.29. The molecule has 0 aromatic heterocycles. The largest absolute Gasteiger partial charge is 0.482 e. The van der Waals surface area contributed by atoms with Gasteiger partial charge in [-0.3, -0.25) is 0 Å². The fourth-order valence-electron chi connectivity index (χ4n) is 1.04. The Morgan fingerprint density at radius 1 is 1.50 bits per heavy atom. The number of benzene rings is 1. The highest BCUT2D eigenvalue weighted by Gasteiger charge is 1.94. The van der Waals surface area contributed by atoms with Gasteiger partial charge in [-0.25, -0.2) is 0 Å². The molecule has 0 aliphatic carbocycles. The third-order valence-electron chi connectivity index (χ3n) is 1.63. The molecule has 0 bridgehead atoms. The normalized spacial score (nSPS) is 8.71. The van der Waals surface area contributed by atoms with Crippen LogP contribution in [0.1, 0.15) is 12.5 Å².